The zero-order valence-corrected chi connectivity index (χ0v) is 12.8. The lowest BCUT2D eigenvalue weighted by Crippen LogP contribution is -2.07. The van der Waals surface area contributed by atoms with E-state index < -0.39 is 6.61 Å². The molecular formula is C14H10Cl3F2NO. The predicted molar refractivity (Wildman–Crippen MR) is 81.9 cm³/mol. The van der Waals surface area contributed by atoms with Crippen molar-refractivity contribution in [1.82, 2.24) is 0 Å². The first kappa shape index (κ1) is 16.1. The van der Waals surface area contributed by atoms with Gasteiger partial charge in [-0.05, 0) is 30.3 Å². The first-order valence-corrected chi connectivity index (χ1v) is 7.02. The van der Waals surface area contributed by atoms with Gasteiger partial charge in [-0.15, -0.1) is 0 Å². The van der Waals surface area contributed by atoms with Gasteiger partial charge in [0, 0.05) is 17.1 Å². The number of alkyl halides is 2. The van der Waals surface area contributed by atoms with Crippen molar-refractivity contribution >= 4 is 40.5 Å². The number of benzene rings is 2. The molecule has 2 nitrogen and oxygen atoms in total. The van der Waals surface area contributed by atoms with Crippen LogP contribution in [0.25, 0.3) is 0 Å². The van der Waals surface area contributed by atoms with Crippen LogP contribution < -0.4 is 10.1 Å². The lowest BCUT2D eigenvalue weighted by molar-refractivity contribution is -0.0504. The molecule has 0 fully saturated rings. The van der Waals surface area contributed by atoms with E-state index in [-0.39, 0.29) is 12.3 Å². The van der Waals surface area contributed by atoms with Gasteiger partial charge < -0.3 is 10.1 Å². The number of rotatable bonds is 5. The number of hydrogen-bond donors (Lipinski definition) is 1. The minimum absolute atomic E-state index is 0.0556. The van der Waals surface area contributed by atoms with E-state index in [1.54, 1.807) is 24.3 Å². The van der Waals surface area contributed by atoms with Crippen molar-refractivity contribution in [2.24, 2.45) is 0 Å². The molecule has 0 unspecified atom stereocenters. The first-order chi connectivity index (χ1) is 9.97. The maximum atomic E-state index is 12.4. The molecule has 0 aliphatic rings. The third-order valence-corrected chi connectivity index (χ3v) is 3.71. The Kier molecular flexibility index (Phi) is 5.51. The Labute approximate surface area is 135 Å². The summed E-state index contributed by atoms with van der Waals surface area (Å²) in [6.45, 7) is -2.69. The van der Waals surface area contributed by atoms with E-state index in [1.807, 2.05) is 0 Å². The summed E-state index contributed by atoms with van der Waals surface area (Å²) in [5.74, 6) is 0.0556. The van der Waals surface area contributed by atoms with Crippen LogP contribution in [0.2, 0.25) is 15.1 Å². The topological polar surface area (TPSA) is 21.3 Å². The van der Waals surface area contributed by atoms with E-state index in [2.05, 4.69) is 10.1 Å². The summed E-state index contributed by atoms with van der Waals surface area (Å²) in [5.41, 5.74) is 1.07. The third-order valence-electron chi connectivity index (χ3n) is 2.66. The summed E-state index contributed by atoms with van der Waals surface area (Å²) >= 11 is 17.8. The van der Waals surface area contributed by atoms with E-state index in [0.717, 1.165) is 0 Å². The molecule has 0 aromatic heterocycles. The van der Waals surface area contributed by atoms with Gasteiger partial charge in [-0.3, -0.25) is 0 Å². The van der Waals surface area contributed by atoms with Crippen LogP contribution in [0.15, 0.2) is 36.4 Å². The molecule has 21 heavy (non-hydrogen) atoms. The average molecular weight is 353 g/mol. The Bertz CT molecular complexity index is 638. The number of nitrogens with one attached hydrogen (secondary N) is 1. The standard InChI is InChI=1S/C14H10Cl3F2NO/c15-9-4-5-12(21-14(18)19)8(6-9)7-20-11-3-1-2-10(16)13(11)17/h1-6,14,20H,7H2. The van der Waals surface area contributed by atoms with Gasteiger partial charge in [0.25, 0.3) is 0 Å². The van der Waals surface area contributed by atoms with E-state index >= 15 is 0 Å². The quantitative estimate of drug-likeness (QED) is 0.727. The van der Waals surface area contributed by atoms with Gasteiger partial charge in [-0.2, -0.15) is 8.78 Å². The van der Waals surface area contributed by atoms with Gasteiger partial charge in [-0.25, -0.2) is 0 Å². The van der Waals surface area contributed by atoms with Crippen molar-refractivity contribution in [3.05, 3.63) is 57.0 Å². The van der Waals surface area contributed by atoms with Crippen molar-refractivity contribution in [2.45, 2.75) is 13.2 Å². The lowest BCUT2D eigenvalue weighted by atomic mass is 10.2. The molecule has 0 bridgehead atoms. The molecule has 2 aromatic rings. The highest BCUT2D eigenvalue weighted by Crippen LogP contribution is 2.31. The smallest absolute Gasteiger partial charge is 0.387 e. The van der Waals surface area contributed by atoms with Crippen LogP contribution in [0.1, 0.15) is 5.56 Å². The van der Waals surface area contributed by atoms with Crippen molar-refractivity contribution in [2.75, 3.05) is 5.32 Å². The largest absolute Gasteiger partial charge is 0.434 e. The van der Waals surface area contributed by atoms with E-state index in [9.17, 15) is 8.78 Å². The molecule has 0 aliphatic carbocycles. The van der Waals surface area contributed by atoms with Crippen molar-refractivity contribution < 1.29 is 13.5 Å². The van der Waals surface area contributed by atoms with Gasteiger partial charge in [0.05, 0.1) is 15.7 Å². The van der Waals surface area contributed by atoms with E-state index in [0.29, 0.717) is 26.3 Å². The molecule has 2 aromatic carbocycles. The Morgan fingerprint density at radius 3 is 2.57 bits per heavy atom. The minimum Gasteiger partial charge on any atom is -0.434 e. The maximum absolute atomic E-state index is 12.4. The maximum Gasteiger partial charge on any atom is 0.387 e. The third kappa shape index (κ3) is 4.37. The van der Waals surface area contributed by atoms with Crippen molar-refractivity contribution in [3.63, 3.8) is 0 Å². The molecule has 0 radical (unpaired) electrons. The average Bonchev–Trinajstić information content (AvgIpc) is 2.42. The molecule has 0 saturated carbocycles. The molecule has 7 heteroatoms. The monoisotopic (exact) mass is 351 g/mol. The number of ether oxygens (including phenoxy) is 1. The zero-order valence-electron chi connectivity index (χ0n) is 10.5. The van der Waals surface area contributed by atoms with E-state index in [1.165, 1.54) is 12.1 Å². The van der Waals surface area contributed by atoms with Gasteiger partial charge in [0.1, 0.15) is 5.75 Å². The predicted octanol–water partition coefficient (Wildman–Crippen LogP) is 5.86. The summed E-state index contributed by atoms with van der Waals surface area (Å²) in [6.07, 6.45) is 0. The van der Waals surface area contributed by atoms with Gasteiger partial charge in [-0.1, -0.05) is 40.9 Å². The van der Waals surface area contributed by atoms with Crippen LogP contribution in [0, 0.1) is 0 Å². The highest BCUT2D eigenvalue weighted by Gasteiger charge is 2.11. The van der Waals surface area contributed by atoms with Crippen molar-refractivity contribution in [1.29, 1.82) is 0 Å². The summed E-state index contributed by atoms with van der Waals surface area (Å²) in [4.78, 5) is 0. The van der Waals surface area contributed by atoms with Crippen LogP contribution in [0.4, 0.5) is 14.5 Å². The second-order valence-electron chi connectivity index (χ2n) is 4.09. The molecule has 112 valence electrons. The Balaban J connectivity index is 2.19. The first-order valence-electron chi connectivity index (χ1n) is 5.88. The highest BCUT2D eigenvalue weighted by atomic mass is 35.5. The second kappa shape index (κ2) is 7.16. The molecule has 0 aliphatic heterocycles. The Hall–Kier alpha value is -1.23. The number of halogens is 5. The fourth-order valence-electron chi connectivity index (χ4n) is 1.73. The molecular weight excluding hydrogens is 343 g/mol. The van der Waals surface area contributed by atoms with Crippen LogP contribution in [0.3, 0.4) is 0 Å². The molecule has 0 spiro atoms. The SMILES string of the molecule is FC(F)Oc1ccc(Cl)cc1CNc1cccc(Cl)c1Cl. The zero-order chi connectivity index (χ0) is 15.4. The fourth-order valence-corrected chi connectivity index (χ4v) is 2.29. The molecule has 0 atom stereocenters. The molecule has 0 amide bonds. The number of anilines is 1. The summed E-state index contributed by atoms with van der Waals surface area (Å²) in [6, 6.07) is 9.53. The molecule has 0 heterocycles. The fraction of sp³-hybridized carbons (Fsp3) is 0.143. The molecule has 0 saturated heterocycles. The highest BCUT2D eigenvalue weighted by molar-refractivity contribution is 6.43. The van der Waals surface area contributed by atoms with Crippen LogP contribution >= 0.6 is 34.8 Å². The summed E-state index contributed by atoms with van der Waals surface area (Å²) in [5, 5.41) is 4.19. The van der Waals surface area contributed by atoms with Crippen molar-refractivity contribution in [3.8, 4) is 5.75 Å². The second-order valence-corrected chi connectivity index (χ2v) is 5.31. The van der Waals surface area contributed by atoms with Gasteiger partial charge >= 0.3 is 6.61 Å². The van der Waals surface area contributed by atoms with Crippen LogP contribution in [-0.2, 0) is 6.54 Å². The Morgan fingerprint density at radius 2 is 1.86 bits per heavy atom. The lowest BCUT2D eigenvalue weighted by Gasteiger charge is -2.13. The van der Waals surface area contributed by atoms with Gasteiger partial charge in [0.2, 0.25) is 0 Å². The number of hydrogen-bond acceptors (Lipinski definition) is 2. The van der Waals surface area contributed by atoms with Gasteiger partial charge in [0.15, 0.2) is 0 Å². The molecule has 1 N–H and O–H groups in total. The Morgan fingerprint density at radius 1 is 1.10 bits per heavy atom. The van der Waals surface area contributed by atoms with Crippen LogP contribution in [0.5, 0.6) is 5.75 Å². The molecule has 2 rings (SSSR count). The summed E-state index contributed by atoms with van der Waals surface area (Å²) < 4.78 is 29.2. The van der Waals surface area contributed by atoms with Crippen LogP contribution in [-0.4, -0.2) is 6.61 Å². The normalized spacial score (nSPS) is 10.8. The summed E-state index contributed by atoms with van der Waals surface area (Å²) in [7, 11) is 0. The minimum atomic E-state index is -2.90. The van der Waals surface area contributed by atoms with E-state index in [4.69, 9.17) is 34.8 Å².